The number of hydrogen-bond donors (Lipinski definition) is 1. The van der Waals surface area contributed by atoms with Gasteiger partial charge >= 0.3 is 0 Å². The predicted molar refractivity (Wildman–Crippen MR) is 56.9 cm³/mol. The highest BCUT2D eigenvalue weighted by Gasteiger charge is 2.01. The quantitative estimate of drug-likeness (QED) is 0.750. The Bertz CT molecular complexity index is 336. The Hall–Kier alpha value is -1.97. The highest BCUT2D eigenvalue weighted by atomic mass is 16.6. The van der Waals surface area contributed by atoms with Crippen LogP contribution in [0.3, 0.4) is 0 Å². The van der Waals surface area contributed by atoms with Crippen LogP contribution in [0.15, 0.2) is 30.5 Å². The van der Waals surface area contributed by atoms with Crippen LogP contribution in [0.1, 0.15) is 12.5 Å². The van der Waals surface area contributed by atoms with Crippen LogP contribution in [-0.4, -0.2) is 13.1 Å². The van der Waals surface area contributed by atoms with Crippen LogP contribution in [0.2, 0.25) is 0 Å². The van der Waals surface area contributed by atoms with Gasteiger partial charge in [-0.2, -0.15) is 0 Å². The molecule has 0 unspecified atom stereocenters. The predicted octanol–water partition coefficient (Wildman–Crippen LogP) is 1.73. The number of rotatable bonds is 2. The molecular formula is C11H13NO3. The third kappa shape index (κ3) is 3.72. The van der Waals surface area contributed by atoms with Gasteiger partial charge < -0.3 is 9.57 Å². The van der Waals surface area contributed by atoms with Gasteiger partial charge in [0.25, 0.3) is 6.47 Å². The molecule has 1 heterocycles. The summed E-state index contributed by atoms with van der Waals surface area (Å²) in [5.41, 5.74) is 3.77. The summed E-state index contributed by atoms with van der Waals surface area (Å²) in [7, 11) is 0. The highest BCUT2D eigenvalue weighted by Crippen LogP contribution is 2.20. The van der Waals surface area contributed by atoms with E-state index in [1.54, 1.807) is 13.1 Å². The van der Waals surface area contributed by atoms with Crippen molar-refractivity contribution >= 4 is 12.5 Å². The Labute approximate surface area is 88.5 Å². The van der Waals surface area contributed by atoms with Crippen LogP contribution in [0.4, 0.5) is 0 Å². The van der Waals surface area contributed by atoms with Crippen molar-refractivity contribution in [2.75, 3.05) is 6.61 Å². The van der Waals surface area contributed by atoms with Gasteiger partial charge in [0.15, 0.2) is 5.75 Å². The molecule has 15 heavy (non-hydrogen) atoms. The molecule has 80 valence electrons. The molecule has 4 nitrogen and oxygen atoms in total. The number of para-hydroxylation sites is 1. The van der Waals surface area contributed by atoms with Crippen molar-refractivity contribution < 1.29 is 14.4 Å². The molecule has 0 atom stereocenters. The minimum absolute atomic E-state index is 0.431. The van der Waals surface area contributed by atoms with E-state index < -0.39 is 0 Å². The van der Waals surface area contributed by atoms with E-state index in [9.17, 15) is 4.79 Å². The molecule has 0 spiro atoms. The second-order valence-corrected chi connectivity index (χ2v) is 2.64. The van der Waals surface area contributed by atoms with E-state index in [2.05, 4.69) is 10.2 Å². The molecule has 0 aliphatic carbocycles. The molecule has 0 radical (unpaired) electrons. The summed E-state index contributed by atoms with van der Waals surface area (Å²) in [5, 5.41) is 0. The Morgan fingerprint density at radius 2 is 2.27 bits per heavy atom. The molecule has 4 heteroatoms. The first kappa shape index (κ1) is 11.1. The second-order valence-electron chi connectivity index (χ2n) is 2.64. The fourth-order valence-electron chi connectivity index (χ4n) is 1.00. The van der Waals surface area contributed by atoms with Gasteiger partial charge in [-0.1, -0.05) is 18.2 Å². The van der Waals surface area contributed by atoms with Crippen molar-refractivity contribution in [3.8, 4) is 5.75 Å². The van der Waals surface area contributed by atoms with Crippen LogP contribution in [0, 0.1) is 0 Å². The third-order valence-corrected chi connectivity index (χ3v) is 1.65. The van der Waals surface area contributed by atoms with Crippen molar-refractivity contribution in [2.45, 2.75) is 6.92 Å². The minimum Gasteiger partial charge on any atom is -0.468 e. The van der Waals surface area contributed by atoms with Gasteiger partial charge in [0.05, 0.1) is 6.61 Å². The third-order valence-electron chi connectivity index (χ3n) is 1.65. The van der Waals surface area contributed by atoms with Crippen LogP contribution < -0.4 is 10.3 Å². The summed E-state index contributed by atoms with van der Waals surface area (Å²) in [6.45, 7) is 2.66. The lowest BCUT2D eigenvalue weighted by Crippen LogP contribution is -2.13. The number of nitrogens with one attached hydrogen (secondary N) is 1. The van der Waals surface area contributed by atoms with E-state index in [0.717, 1.165) is 11.3 Å². The van der Waals surface area contributed by atoms with Crippen molar-refractivity contribution in [1.82, 2.24) is 5.48 Å². The van der Waals surface area contributed by atoms with Crippen molar-refractivity contribution in [3.63, 3.8) is 0 Å². The zero-order valence-corrected chi connectivity index (χ0v) is 8.47. The summed E-state index contributed by atoms with van der Waals surface area (Å²) in [5.74, 6) is 0.880. The Kier molecular flexibility index (Phi) is 4.80. The summed E-state index contributed by atoms with van der Waals surface area (Å²) in [6, 6.07) is 7.86. The van der Waals surface area contributed by atoms with Crippen molar-refractivity contribution in [3.05, 3.63) is 36.0 Å². The molecule has 1 aromatic carbocycles. The fraction of sp³-hybridized carbons (Fsp3) is 0.182. The zero-order chi connectivity index (χ0) is 10.9. The maximum Gasteiger partial charge on any atom is 0.293 e. The molecule has 1 aliphatic heterocycles. The molecular weight excluding hydrogens is 194 g/mol. The molecule has 0 saturated heterocycles. The average Bonchev–Trinajstić information content (AvgIpc) is 2.31. The highest BCUT2D eigenvalue weighted by molar-refractivity contribution is 5.57. The Morgan fingerprint density at radius 3 is 2.87 bits per heavy atom. The van der Waals surface area contributed by atoms with Gasteiger partial charge in [-0.25, -0.2) is 5.48 Å². The van der Waals surface area contributed by atoms with E-state index in [1.165, 1.54) is 0 Å². The van der Waals surface area contributed by atoms with Gasteiger partial charge in [0.1, 0.15) is 0 Å². The standard InChI is InChI=1S/C8H7NO.C3H6O2/c1-2-4-8-7(3-1)5-6-9-10-8;1-2-5-3-4/h1-6,9H;3H,2H2,1H3. The van der Waals surface area contributed by atoms with Crippen LogP contribution in [0.5, 0.6) is 5.75 Å². The minimum atomic E-state index is 0.431. The maximum absolute atomic E-state index is 9.18. The first-order valence-electron chi connectivity index (χ1n) is 4.61. The summed E-state index contributed by atoms with van der Waals surface area (Å²) < 4.78 is 4.15. The van der Waals surface area contributed by atoms with E-state index in [4.69, 9.17) is 4.84 Å². The van der Waals surface area contributed by atoms with Crippen LogP contribution >= 0.6 is 0 Å². The second kappa shape index (κ2) is 6.48. The number of ether oxygens (including phenoxy) is 1. The molecule has 0 saturated carbocycles. The van der Waals surface area contributed by atoms with Gasteiger partial charge in [-0.15, -0.1) is 0 Å². The number of fused-ring (bicyclic) bond motifs is 1. The van der Waals surface area contributed by atoms with E-state index in [1.807, 2.05) is 30.3 Å². The Balaban J connectivity index is 0.000000195. The van der Waals surface area contributed by atoms with Gasteiger partial charge in [-0.05, 0) is 19.1 Å². The SMILES string of the molecule is C1=Cc2ccccc2ON1.CCOC=O. The number of hydrogen-bond acceptors (Lipinski definition) is 4. The maximum atomic E-state index is 9.18. The lowest BCUT2D eigenvalue weighted by molar-refractivity contribution is -0.128. The molecule has 0 aromatic heterocycles. The molecule has 1 N–H and O–H groups in total. The number of carbonyl (C=O) groups excluding carboxylic acids is 1. The zero-order valence-electron chi connectivity index (χ0n) is 8.47. The first-order chi connectivity index (χ1) is 7.38. The number of hydroxylamine groups is 1. The van der Waals surface area contributed by atoms with Crippen molar-refractivity contribution in [1.29, 1.82) is 0 Å². The molecule has 1 aliphatic rings. The molecule has 0 fully saturated rings. The van der Waals surface area contributed by atoms with E-state index in [-0.39, 0.29) is 0 Å². The van der Waals surface area contributed by atoms with Crippen LogP contribution in [0.25, 0.3) is 6.08 Å². The summed E-state index contributed by atoms with van der Waals surface area (Å²) in [4.78, 5) is 14.3. The van der Waals surface area contributed by atoms with Crippen molar-refractivity contribution in [2.24, 2.45) is 0 Å². The molecule has 0 bridgehead atoms. The Morgan fingerprint density at radius 1 is 1.47 bits per heavy atom. The molecule has 1 aromatic rings. The van der Waals surface area contributed by atoms with Gasteiger partial charge in [0.2, 0.25) is 0 Å². The normalized spacial score (nSPS) is 11.0. The lowest BCUT2D eigenvalue weighted by Gasteiger charge is -2.11. The van der Waals surface area contributed by atoms with Gasteiger partial charge in [0, 0.05) is 11.8 Å². The smallest absolute Gasteiger partial charge is 0.293 e. The summed E-state index contributed by atoms with van der Waals surface area (Å²) in [6.07, 6.45) is 3.74. The average molecular weight is 207 g/mol. The molecule has 2 rings (SSSR count). The number of carbonyl (C=O) groups is 1. The number of benzene rings is 1. The monoisotopic (exact) mass is 207 g/mol. The van der Waals surface area contributed by atoms with Gasteiger partial charge in [-0.3, -0.25) is 4.79 Å². The topological polar surface area (TPSA) is 47.6 Å². The van der Waals surface area contributed by atoms with E-state index >= 15 is 0 Å². The van der Waals surface area contributed by atoms with Crippen LogP contribution in [-0.2, 0) is 9.53 Å². The largest absolute Gasteiger partial charge is 0.468 e. The molecule has 0 amide bonds. The summed E-state index contributed by atoms with van der Waals surface area (Å²) >= 11 is 0. The lowest BCUT2D eigenvalue weighted by atomic mass is 10.2. The van der Waals surface area contributed by atoms with E-state index in [0.29, 0.717) is 13.1 Å². The fourth-order valence-corrected chi connectivity index (χ4v) is 1.00. The first-order valence-corrected chi connectivity index (χ1v) is 4.61.